The molecule has 0 unspecified atom stereocenters. The van der Waals surface area contributed by atoms with Crippen molar-refractivity contribution in [1.82, 2.24) is 9.47 Å². The molecule has 40 heavy (non-hydrogen) atoms. The van der Waals surface area contributed by atoms with Crippen molar-refractivity contribution in [3.05, 3.63) is 113 Å². The Hall–Kier alpha value is -3.96. The van der Waals surface area contributed by atoms with Gasteiger partial charge in [-0.25, -0.2) is 4.79 Å². The number of aromatic nitrogens is 1. The molecule has 0 aliphatic carbocycles. The molecule has 3 aromatic carbocycles. The van der Waals surface area contributed by atoms with Gasteiger partial charge in [0.25, 0.3) is 0 Å². The highest BCUT2D eigenvalue weighted by atomic mass is 16.5. The van der Waals surface area contributed by atoms with E-state index in [-0.39, 0.29) is 11.4 Å². The fraction of sp³-hybridized carbons (Fsp3) is 0.314. The minimum atomic E-state index is -0.329. The van der Waals surface area contributed by atoms with Crippen LogP contribution >= 0.6 is 0 Å². The van der Waals surface area contributed by atoms with E-state index in [0.717, 1.165) is 52.2 Å². The van der Waals surface area contributed by atoms with Crippen molar-refractivity contribution >= 4 is 22.6 Å². The molecule has 1 aromatic heterocycles. The summed E-state index contributed by atoms with van der Waals surface area (Å²) in [6, 6.07) is 24.8. The third-order valence-electron chi connectivity index (χ3n) is 7.41. The number of carbonyl (C=O) groups is 1. The van der Waals surface area contributed by atoms with Crippen molar-refractivity contribution in [1.29, 1.82) is 0 Å². The van der Waals surface area contributed by atoms with E-state index >= 15 is 0 Å². The second kappa shape index (κ2) is 12.1. The number of fused-ring (bicyclic) bond motifs is 1. The number of allylic oxidation sites excluding steroid dienone is 1. The molecule has 0 spiro atoms. The summed E-state index contributed by atoms with van der Waals surface area (Å²) >= 11 is 0. The van der Waals surface area contributed by atoms with Crippen LogP contribution in [0.2, 0.25) is 0 Å². The number of benzene rings is 3. The van der Waals surface area contributed by atoms with Crippen molar-refractivity contribution < 1.29 is 9.53 Å². The number of methoxy groups -OCH3 is 1. The van der Waals surface area contributed by atoms with Gasteiger partial charge >= 0.3 is 5.97 Å². The number of esters is 1. The van der Waals surface area contributed by atoms with E-state index in [4.69, 9.17) is 9.73 Å². The van der Waals surface area contributed by atoms with Crippen LogP contribution in [0.15, 0.2) is 95.3 Å². The Bertz CT molecular complexity index is 1550. The number of likely N-dealkylation sites (N-methyl/N-ethyl adjacent to an activating group) is 1. The zero-order chi connectivity index (χ0) is 29.0. The summed E-state index contributed by atoms with van der Waals surface area (Å²) in [5, 5.41) is 1.05. The number of aliphatic imine (C=N–C) groups is 1. The topological polar surface area (TPSA) is 46.8 Å². The minimum absolute atomic E-state index is 0.134. The van der Waals surface area contributed by atoms with Crippen molar-refractivity contribution in [2.45, 2.75) is 53.5 Å². The summed E-state index contributed by atoms with van der Waals surface area (Å²) in [5.41, 5.74) is 9.70. The zero-order valence-corrected chi connectivity index (χ0v) is 25.1. The summed E-state index contributed by atoms with van der Waals surface area (Å²) < 4.78 is 7.17. The molecular formula is C35H41N3O2. The summed E-state index contributed by atoms with van der Waals surface area (Å²) in [7, 11) is 3.54. The molecule has 0 saturated heterocycles. The van der Waals surface area contributed by atoms with Gasteiger partial charge in [0.1, 0.15) is 0 Å². The first-order chi connectivity index (χ1) is 19.0. The monoisotopic (exact) mass is 535 g/mol. The van der Waals surface area contributed by atoms with Crippen LogP contribution in [0, 0.1) is 0 Å². The van der Waals surface area contributed by atoms with Gasteiger partial charge in [-0.1, -0.05) is 63.2 Å². The van der Waals surface area contributed by atoms with E-state index < -0.39 is 0 Å². The van der Waals surface area contributed by atoms with E-state index in [0.29, 0.717) is 5.56 Å². The molecule has 0 N–H and O–H groups in total. The van der Waals surface area contributed by atoms with Gasteiger partial charge in [0.2, 0.25) is 0 Å². The molecule has 4 rings (SSSR count). The highest BCUT2D eigenvalue weighted by molar-refractivity contribution is 5.99. The van der Waals surface area contributed by atoms with Crippen LogP contribution in [0.1, 0.15) is 68.6 Å². The van der Waals surface area contributed by atoms with Crippen molar-refractivity contribution in [3.8, 4) is 5.69 Å². The van der Waals surface area contributed by atoms with Gasteiger partial charge < -0.3 is 9.30 Å². The van der Waals surface area contributed by atoms with E-state index in [1.807, 2.05) is 36.4 Å². The zero-order valence-electron chi connectivity index (χ0n) is 25.1. The fourth-order valence-electron chi connectivity index (χ4n) is 4.96. The van der Waals surface area contributed by atoms with E-state index in [9.17, 15) is 4.79 Å². The third-order valence-corrected chi connectivity index (χ3v) is 7.41. The van der Waals surface area contributed by atoms with E-state index in [1.165, 1.54) is 18.2 Å². The van der Waals surface area contributed by atoms with Crippen LogP contribution in [-0.2, 0) is 16.7 Å². The molecule has 0 aliphatic rings. The molecule has 5 nitrogen and oxygen atoms in total. The number of nitrogens with zero attached hydrogens (tertiary/aromatic N) is 3. The fourth-order valence-corrected chi connectivity index (χ4v) is 4.96. The standard InChI is InChI=1S/C35H41N3O2/c1-24(25(2)36-26(3)27-14-17-30(18-15-27)35(4,5)6)21-37(7)22-29-23-38(31-12-10-9-11-13-31)33-19-16-28(20-32(29)33)34(39)40-8/h9-20,23H,21-22H2,1-8H3/b25-24+,36-26?. The highest BCUT2D eigenvalue weighted by Gasteiger charge is 2.16. The molecule has 0 aliphatic heterocycles. The van der Waals surface area contributed by atoms with Gasteiger partial charge in [-0.05, 0) is 85.8 Å². The molecule has 208 valence electrons. The Morgan fingerprint density at radius 3 is 2.20 bits per heavy atom. The highest BCUT2D eigenvalue weighted by Crippen LogP contribution is 2.28. The van der Waals surface area contributed by atoms with Crippen molar-refractivity contribution in [3.63, 3.8) is 0 Å². The summed E-state index contributed by atoms with van der Waals surface area (Å²) in [5.74, 6) is -0.329. The number of carbonyl (C=O) groups excluding carboxylic acids is 1. The predicted molar refractivity (Wildman–Crippen MR) is 167 cm³/mol. The quantitative estimate of drug-likeness (QED) is 0.170. The number of para-hydroxylation sites is 1. The second-order valence-electron chi connectivity index (χ2n) is 11.6. The first-order valence-electron chi connectivity index (χ1n) is 13.8. The molecule has 0 amide bonds. The average molecular weight is 536 g/mol. The van der Waals surface area contributed by atoms with Crippen LogP contribution in [0.4, 0.5) is 0 Å². The largest absolute Gasteiger partial charge is 0.465 e. The van der Waals surface area contributed by atoms with Gasteiger partial charge in [-0.3, -0.25) is 9.89 Å². The second-order valence-corrected chi connectivity index (χ2v) is 11.6. The first-order valence-corrected chi connectivity index (χ1v) is 13.8. The number of hydrogen-bond acceptors (Lipinski definition) is 4. The Kier molecular flexibility index (Phi) is 8.75. The molecule has 4 aromatic rings. The smallest absolute Gasteiger partial charge is 0.337 e. The van der Waals surface area contributed by atoms with Crippen LogP contribution in [0.5, 0.6) is 0 Å². The Morgan fingerprint density at radius 2 is 1.57 bits per heavy atom. The predicted octanol–water partition coefficient (Wildman–Crippen LogP) is 7.95. The van der Waals surface area contributed by atoms with E-state index in [2.05, 4.69) is 101 Å². The summed E-state index contributed by atoms with van der Waals surface area (Å²) in [6.45, 7) is 14.5. The maximum atomic E-state index is 12.3. The lowest BCUT2D eigenvalue weighted by Crippen LogP contribution is -2.20. The van der Waals surface area contributed by atoms with E-state index in [1.54, 1.807) is 0 Å². The number of hydrogen-bond donors (Lipinski definition) is 0. The maximum Gasteiger partial charge on any atom is 0.337 e. The van der Waals surface area contributed by atoms with Crippen LogP contribution in [-0.4, -0.2) is 41.9 Å². The molecule has 0 fully saturated rings. The molecule has 1 heterocycles. The van der Waals surface area contributed by atoms with Crippen LogP contribution in [0.25, 0.3) is 16.6 Å². The molecule has 0 bridgehead atoms. The first kappa shape index (κ1) is 29.0. The Morgan fingerprint density at radius 1 is 0.925 bits per heavy atom. The van der Waals surface area contributed by atoms with Gasteiger partial charge in [-0.2, -0.15) is 0 Å². The van der Waals surface area contributed by atoms with Gasteiger partial charge in [0.05, 0.1) is 18.2 Å². The van der Waals surface area contributed by atoms with Crippen LogP contribution in [0.3, 0.4) is 0 Å². The Balaban J connectivity index is 1.58. The lowest BCUT2D eigenvalue weighted by atomic mass is 9.86. The lowest BCUT2D eigenvalue weighted by molar-refractivity contribution is 0.0601. The Labute approximate surface area is 238 Å². The number of rotatable bonds is 8. The lowest BCUT2D eigenvalue weighted by Gasteiger charge is -2.19. The summed E-state index contributed by atoms with van der Waals surface area (Å²) in [4.78, 5) is 19.5. The molecule has 0 radical (unpaired) electrons. The van der Waals surface area contributed by atoms with Gasteiger partial charge in [0, 0.05) is 41.8 Å². The third kappa shape index (κ3) is 6.60. The summed E-state index contributed by atoms with van der Waals surface area (Å²) in [6.07, 6.45) is 2.17. The maximum absolute atomic E-state index is 12.3. The number of ether oxygens (including phenoxy) is 1. The van der Waals surface area contributed by atoms with Crippen LogP contribution < -0.4 is 0 Å². The molecule has 0 saturated carbocycles. The average Bonchev–Trinajstić information content (AvgIpc) is 3.29. The van der Waals surface area contributed by atoms with Crippen molar-refractivity contribution in [2.24, 2.45) is 4.99 Å². The minimum Gasteiger partial charge on any atom is -0.465 e. The SMILES string of the molecule is COC(=O)c1ccc2c(c1)c(CN(C)C/C(C)=C(\C)N=C(C)c1ccc(C(C)(C)C)cc1)cn2-c1ccccc1. The molecular weight excluding hydrogens is 494 g/mol. The molecule has 5 heteroatoms. The van der Waals surface area contributed by atoms with Gasteiger partial charge in [0.15, 0.2) is 0 Å². The molecule has 0 atom stereocenters. The normalized spacial score (nSPS) is 13.1. The van der Waals surface area contributed by atoms with Crippen molar-refractivity contribution in [2.75, 3.05) is 20.7 Å². The van der Waals surface area contributed by atoms with Gasteiger partial charge in [-0.15, -0.1) is 0 Å².